The molecule has 3 N–H and O–H groups in total. The van der Waals surface area contributed by atoms with Crippen LogP contribution in [0.2, 0.25) is 0 Å². The Morgan fingerprint density at radius 3 is 2.85 bits per heavy atom. The Morgan fingerprint density at radius 1 is 1.26 bits per heavy atom. The van der Waals surface area contributed by atoms with Crippen LogP contribution in [0.5, 0.6) is 5.88 Å². The number of amides is 1. The Kier molecular flexibility index (Phi) is 6.39. The zero-order valence-corrected chi connectivity index (χ0v) is 15.7. The fourth-order valence-electron chi connectivity index (χ4n) is 2.41. The Balaban J connectivity index is 1.68. The van der Waals surface area contributed by atoms with E-state index >= 15 is 0 Å². The molecule has 140 valence electrons. The Bertz CT molecular complexity index is 883. The number of ether oxygens (including phenoxy) is 1. The first-order chi connectivity index (χ1) is 13.2. The van der Waals surface area contributed by atoms with Gasteiger partial charge in [0.05, 0.1) is 35.4 Å². The van der Waals surface area contributed by atoms with E-state index in [1.54, 1.807) is 36.9 Å². The minimum atomic E-state index is -0.223. The van der Waals surface area contributed by atoms with Crippen molar-refractivity contribution in [3.05, 3.63) is 58.7 Å². The van der Waals surface area contributed by atoms with Gasteiger partial charge < -0.3 is 15.8 Å². The zero-order chi connectivity index (χ0) is 19.1. The third kappa shape index (κ3) is 5.05. The van der Waals surface area contributed by atoms with Gasteiger partial charge >= 0.3 is 0 Å². The summed E-state index contributed by atoms with van der Waals surface area (Å²) in [7, 11) is 0. The van der Waals surface area contributed by atoms with Gasteiger partial charge in [0.25, 0.3) is 5.91 Å². The molecular weight excluding hydrogens is 364 g/mol. The van der Waals surface area contributed by atoms with Crippen molar-refractivity contribution < 1.29 is 9.53 Å². The van der Waals surface area contributed by atoms with Crippen LogP contribution < -0.4 is 15.8 Å². The first-order valence-electron chi connectivity index (χ1n) is 8.47. The second-order valence-electron chi connectivity index (χ2n) is 5.77. The second kappa shape index (κ2) is 9.15. The number of hydrogen-bond donors (Lipinski definition) is 2. The number of carbonyl (C=O) groups excluding carboxylic acids is 1. The van der Waals surface area contributed by atoms with Crippen molar-refractivity contribution in [3.8, 4) is 5.88 Å². The maximum absolute atomic E-state index is 12.7. The first kappa shape index (κ1) is 18.9. The number of rotatable bonds is 8. The lowest BCUT2D eigenvalue weighted by Crippen LogP contribution is -2.15. The van der Waals surface area contributed by atoms with Gasteiger partial charge in [0, 0.05) is 36.0 Å². The first-order valence-corrected chi connectivity index (χ1v) is 9.25. The highest BCUT2D eigenvalue weighted by Crippen LogP contribution is 2.23. The number of aryl methyl sites for hydroxylation is 1. The van der Waals surface area contributed by atoms with Gasteiger partial charge in [-0.25, -0.2) is 4.98 Å². The van der Waals surface area contributed by atoms with Crippen LogP contribution in [0.25, 0.3) is 0 Å². The smallest absolute Gasteiger partial charge is 0.258 e. The lowest BCUT2D eigenvalue weighted by Gasteiger charge is -2.08. The average Bonchev–Trinajstić information content (AvgIpc) is 3.04. The maximum atomic E-state index is 12.7. The van der Waals surface area contributed by atoms with Crippen LogP contribution in [0.15, 0.2) is 36.9 Å². The van der Waals surface area contributed by atoms with Crippen LogP contribution in [0.3, 0.4) is 0 Å². The molecule has 27 heavy (non-hydrogen) atoms. The molecule has 0 spiro atoms. The van der Waals surface area contributed by atoms with Crippen LogP contribution in [0.1, 0.15) is 33.0 Å². The normalized spacial score (nSPS) is 10.6. The number of carbonyl (C=O) groups is 1. The number of anilines is 1. The summed E-state index contributed by atoms with van der Waals surface area (Å²) in [4.78, 5) is 26.1. The third-order valence-corrected chi connectivity index (χ3v) is 4.65. The van der Waals surface area contributed by atoms with Crippen LogP contribution in [-0.2, 0) is 6.42 Å². The van der Waals surface area contributed by atoms with Crippen molar-refractivity contribution in [1.29, 1.82) is 0 Å². The Labute approximate surface area is 161 Å². The minimum Gasteiger partial charge on any atom is -0.478 e. The number of pyridine rings is 1. The van der Waals surface area contributed by atoms with E-state index in [1.807, 2.05) is 6.92 Å². The molecule has 3 rings (SSSR count). The SMILES string of the molecule is Cc1nsc(Cc2cnccn2)c1C(=O)Nc1ccc(OCCCN)nc1. The summed E-state index contributed by atoms with van der Waals surface area (Å²) in [5.41, 5.74) is 8.05. The predicted octanol–water partition coefficient (Wildman–Crippen LogP) is 2.21. The van der Waals surface area contributed by atoms with Crippen molar-refractivity contribution in [2.45, 2.75) is 19.8 Å². The van der Waals surface area contributed by atoms with Gasteiger partial charge in [-0.3, -0.25) is 14.8 Å². The molecule has 0 radical (unpaired) electrons. The van der Waals surface area contributed by atoms with E-state index < -0.39 is 0 Å². The molecule has 8 nitrogen and oxygen atoms in total. The molecular formula is C18H20N6O2S. The van der Waals surface area contributed by atoms with E-state index in [-0.39, 0.29) is 5.91 Å². The number of hydrogen-bond acceptors (Lipinski definition) is 8. The van der Waals surface area contributed by atoms with Crippen LogP contribution in [0.4, 0.5) is 5.69 Å². The van der Waals surface area contributed by atoms with E-state index in [1.165, 1.54) is 11.5 Å². The summed E-state index contributed by atoms with van der Waals surface area (Å²) in [6.45, 7) is 2.90. The Morgan fingerprint density at radius 2 is 2.15 bits per heavy atom. The fraction of sp³-hybridized carbons (Fsp3) is 0.278. The highest BCUT2D eigenvalue weighted by molar-refractivity contribution is 7.06. The number of nitrogens with zero attached hydrogens (tertiary/aromatic N) is 4. The van der Waals surface area contributed by atoms with Crippen molar-refractivity contribution in [2.24, 2.45) is 5.73 Å². The number of nitrogens with one attached hydrogen (secondary N) is 1. The van der Waals surface area contributed by atoms with E-state index in [0.29, 0.717) is 42.4 Å². The van der Waals surface area contributed by atoms with Crippen molar-refractivity contribution in [3.63, 3.8) is 0 Å². The standard InChI is InChI=1S/C18H20N6O2S/c1-12-17(15(27-24-12)9-14-10-20-6-7-21-14)18(25)23-13-3-4-16(22-11-13)26-8-2-5-19/h3-4,6-7,10-11H,2,5,8-9,19H2,1H3,(H,23,25). The molecule has 0 saturated carbocycles. The summed E-state index contributed by atoms with van der Waals surface area (Å²) in [6, 6.07) is 3.46. The summed E-state index contributed by atoms with van der Waals surface area (Å²) in [6.07, 6.45) is 7.77. The average molecular weight is 384 g/mol. The van der Waals surface area contributed by atoms with E-state index in [9.17, 15) is 4.79 Å². The third-order valence-electron chi connectivity index (χ3n) is 3.71. The highest BCUT2D eigenvalue weighted by Gasteiger charge is 2.19. The largest absolute Gasteiger partial charge is 0.478 e. The fourth-order valence-corrected chi connectivity index (χ4v) is 3.29. The molecule has 1 amide bonds. The van der Waals surface area contributed by atoms with Crippen molar-refractivity contribution in [1.82, 2.24) is 19.3 Å². The molecule has 0 atom stereocenters. The topological polar surface area (TPSA) is 116 Å². The van der Waals surface area contributed by atoms with Crippen LogP contribution in [-0.4, -0.2) is 38.4 Å². The Hall–Kier alpha value is -2.91. The van der Waals surface area contributed by atoms with E-state index in [4.69, 9.17) is 10.5 Å². The second-order valence-corrected chi connectivity index (χ2v) is 6.63. The van der Waals surface area contributed by atoms with Gasteiger partial charge in [-0.15, -0.1) is 0 Å². The quantitative estimate of drug-likeness (QED) is 0.572. The van der Waals surface area contributed by atoms with Gasteiger partial charge in [0.15, 0.2) is 0 Å². The van der Waals surface area contributed by atoms with Crippen molar-refractivity contribution >= 4 is 23.1 Å². The molecule has 0 aliphatic carbocycles. The van der Waals surface area contributed by atoms with Crippen LogP contribution in [0, 0.1) is 6.92 Å². The summed E-state index contributed by atoms with van der Waals surface area (Å²) in [5.74, 6) is 0.275. The molecule has 0 bridgehead atoms. The predicted molar refractivity (Wildman–Crippen MR) is 103 cm³/mol. The summed E-state index contributed by atoms with van der Waals surface area (Å²) >= 11 is 1.30. The molecule has 3 aromatic rings. The molecule has 0 unspecified atom stereocenters. The molecule has 3 aromatic heterocycles. The lowest BCUT2D eigenvalue weighted by atomic mass is 10.1. The molecule has 0 aliphatic rings. The van der Waals surface area contributed by atoms with Crippen molar-refractivity contribution in [2.75, 3.05) is 18.5 Å². The highest BCUT2D eigenvalue weighted by atomic mass is 32.1. The van der Waals surface area contributed by atoms with Gasteiger partial charge in [-0.1, -0.05) is 0 Å². The number of nitrogens with two attached hydrogens (primary N) is 1. The van der Waals surface area contributed by atoms with E-state index in [2.05, 4.69) is 24.6 Å². The van der Waals surface area contributed by atoms with Gasteiger partial charge in [0.2, 0.25) is 5.88 Å². The summed E-state index contributed by atoms with van der Waals surface area (Å²) < 4.78 is 9.78. The lowest BCUT2D eigenvalue weighted by molar-refractivity contribution is 0.102. The van der Waals surface area contributed by atoms with Gasteiger partial charge in [0.1, 0.15) is 0 Å². The van der Waals surface area contributed by atoms with Gasteiger partial charge in [-0.05, 0) is 37.5 Å². The van der Waals surface area contributed by atoms with E-state index in [0.717, 1.165) is 17.0 Å². The molecule has 0 aromatic carbocycles. The molecule has 0 aliphatic heterocycles. The minimum absolute atomic E-state index is 0.223. The molecule has 9 heteroatoms. The number of aromatic nitrogens is 4. The monoisotopic (exact) mass is 384 g/mol. The van der Waals surface area contributed by atoms with Gasteiger partial charge in [-0.2, -0.15) is 4.37 Å². The molecule has 0 saturated heterocycles. The molecule has 3 heterocycles. The van der Waals surface area contributed by atoms with Crippen LogP contribution >= 0.6 is 11.5 Å². The zero-order valence-electron chi connectivity index (χ0n) is 14.9. The summed E-state index contributed by atoms with van der Waals surface area (Å²) in [5, 5.41) is 2.86. The molecule has 0 fully saturated rings. The maximum Gasteiger partial charge on any atom is 0.258 e.